The van der Waals surface area contributed by atoms with Crippen molar-refractivity contribution in [2.75, 3.05) is 13.2 Å². The number of aliphatic hydroxyl groups is 2. The van der Waals surface area contributed by atoms with Crippen LogP contribution in [0.15, 0.2) is 0 Å². The van der Waals surface area contributed by atoms with Crippen molar-refractivity contribution in [3.05, 3.63) is 0 Å². The van der Waals surface area contributed by atoms with Gasteiger partial charge in [0.2, 0.25) is 0 Å². The molecule has 0 aromatic heterocycles. The first-order valence-electron chi connectivity index (χ1n) is 3.13. The fraction of sp³-hybridized carbons (Fsp3) is 1.00. The molecule has 3 heteroatoms. The van der Waals surface area contributed by atoms with E-state index >= 15 is 0 Å². The van der Waals surface area contributed by atoms with Crippen LogP contribution in [0, 0.1) is 0 Å². The van der Waals surface area contributed by atoms with Gasteiger partial charge in [0.05, 0.1) is 0 Å². The Kier molecular flexibility index (Phi) is 16.3. The fourth-order valence-electron chi connectivity index (χ4n) is 0.577. The third-order valence-corrected chi connectivity index (χ3v) is 1.07. The van der Waals surface area contributed by atoms with E-state index in [9.17, 15) is 0 Å². The van der Waals surface area contributed by atoms with Gasteiger partial charge in [0.25, 0.3) is 0 Å². The van der Waals surface area contributed by atoms with E-state index in [1.807, 2.05) is 0 Å². The molecule has 0 rings (SSSR count). The first kappa shape index (κ1) is 12.6. The van der Waals surface area contributed by atoms with Crippen molar-refractivity contribution >= 4 is 29.6 Å². The molecule has 2 nitrogen and oxygen atoms in total. The minimum absolute atomic E-state index is 0. The van der Waals surface area contributed by atoms with Gasteiger partial charge in [0.15, 0.2) is 0 Å². The molecule has 0 heterocycles. The zero-order chi connectivity index (χ0) is 6.24. The molecule has 0 aromatic carbocycles. The van der Waals surface area contributed by atoms with E-state index < -0.39 is 0 Å². The molecular weight excluding hydrogens is 127 g/mol. The van der Waals surface area contributed by atoms with Crippen LogP contribution in [0.25, 0.3) is 0 Å². The number of aliphatic hydroxyl groups excluding tert-OH is 2. The average Bonchev–Trinajstić information content (AvgIpc) is 1.81. The molecule has 0 unspecified atom stereocenters. The molecule has 0 aliphatic rings. The van der Waals surface area contributed by atoms with Crippen molar-refractivity contribution in [2.24, 2.45) is 0 Å². The molecule has 9 heavy (non-hydrogen) atoms. The summed E-state index contributed by atoms with van der Waals surface area (Å²) in [5, 5.41) is 16.6. The van der Waals surface area contributed by atoms with Gasteiger partial charge in [0, 0.05) is 13.2 Å². The Labute approximate surface area is 78.6 Å². The summed E-state index contributed by atoms with van der Waals surface area (Å²) in [6.45, 7) is 0.566. The quantitative estimate of drug-likeness (QED) is 0.415. The maximum atomic E-state index is 8.30. The van der Waals surface area contributed by atoms with E-state index in [4.69, 9.17) is 10.2 Å². The Morgan fingerprint density at radius 3 is 1.22 bits per heavy atom. The third-order valence-electron chi connectivity index (χ3n) is 1.07. The Morgan fingerprint density at radius 2 is 1.00 bits per heavy atom. The van der Waals surface area contributed by atoms with Crippen LogP contribution in [0.5, 0.6) is 0 Å². The average molecular weight is 142 g/mol. The second kappa shape index (κ2) is 11.7. The molecule has 0 fully saturated rings. The number of hydrogen-bond acceptors (Lipinski definition) is 2. The zero-order valence-corrected chi connectivity index (χ0v) is 5.14. The number of rotatable bonds is 5. The van der Waals surface area contributed by atoms with Crippen LogP contribution >= 0.6 is 0 Å². The van der Waals surface area contributed by atoms with Gasteiger partial charge in [-0.25, -0.2) is 0 Å². The van der Waals surface area contributed by atoms with Crippen molar-refractivity contribution in [3.63, 3.8) is 0 Å². The summed E-state index contributed by atoms with van der Waals surface area (Å²) in [4.78, 5) is 0. The summed E-state index contributed by atoms with van der Waals surface area (Å²) >= 11 is 0. The Hall–Kier alpha value is 0.920. The van der Waals surface area contributed by atoms with Crippen LogP contribution in [0.3, 0.4) is 0 Å². The van der Waals surface area contributed by atoms with Gasteiger partial charge in [-0.05, 0) is 12.8 Å². The van der Waals surface area contributed by atoms with Gasteiger partial charge in [-0.2, -0.15) is 0 Å². The zero-order valence-electron chi connectivity index (χ0n) is 5.14. The van der Waals surface area contributed by atoms with Crippen molar-refractivity contribution in [1.29, 1.82) is 0 Å². The van der Waals surface area contributed by atoms with E-state index in [0.29, 0.717) is 0 Å². The molecule has 0 spiro atoms. The van der Waals surface area contributed by atoms with Crippen LogP contribution in [0.1, 0.15) is 25.7 Å². The van der Waals surface area contributed by atoms with E-state index in [2.05, 4.69) is 0 Å². The normalized spacial score (nSPS) is 8.67. The van der Waals surface area contributed by atoms with Crippen molar-refractivity contribution in [2.45, 2.75) is 25.7 Å². The summed E-state index contributed by atoms with van der Waals surface area (Å²) in [7, 11) is 0. The van der Waals surface area contributed by atoms with Crippen molar-refractivity contribution < 1.29 is 10.2 Å². The molecule has 0 aromatic rings. The molecule has 0 radical (unpaired) electrons. The predicted octanol–water partition coefficient (Wildman–Crippen LogP) is -0.117. The SMILES string of the molecule is OCCCCCCO.[NaH]. The van der Waals surface area contributed by atoms with Gasteiger partial charge in [-0.3, -0.25) is 0 Å². The molecule has 0 amide bonds. The first-order chi connectivity index (χ1) is 3.91. The Bertz CT molecular complexity index is 36.0. The molecule has 52 valence electrons. The molecule has 0 saturated heterocycles. The molecule has 0 aliphatic carbocycles. The van der Waals surface area contributed by atoms with Crippen LogP contribution in [-0.4, -0.2) is 53.0 Å². The van der Waals surface area contributed by atoms with Crippen LogP contribution in [0.2, 0.25) is 0 Å². The summed E-state index contributed by atoms with van der Waals surface area (Å²) in [5.41, 5.74) is 0. The van der Waals surface area contributed by atoms with Gasteiger partial charge in [0.1, 0.15) is 0 Å². The number of hydrogen-bond donors (Lipinski definition) is 2. The summed E-state index contributed by atoms with van der Waals surface area (Å²) in [5.74, 6) is 0. The third kappa shape index (κ3) is 12.2. The molecule has 0 bridgehead atoms. The van der Waals surface area contributed by atoms with E-state index in [0.717, 1.165) is 25.7 Å². The monoisotopic (exact) mass is 142 g/mol. The standard InChI is InChI=1S/C6H14O2.Na.H/c7-5-3-1-2-4-6-8;;/h7-8H,1-6H2;;. The summed E-state index contributed by atoms with van der Waals surface area (Å²) in [6.07, 6.45) is 3.83. The van der Waals surface area contributed by atoms with E-state index in [1.165, 1.54) is 0 Å². The topological polar surface area (TPSA) is 40.5 Å². The Morgan fingerprint density at radius 1 is 0.667 bits per heavy atom. The molecular formula is C6H15NaO2. The van der Waals surface area contributed by atoms with Gasteiger partial charge in [-0.1, -0.05) is 12.8 Å². The maximum absolute atomic E-state index is 8.30. The minimum atomic E-state index is 0. The number of unbranched alkanes of at least 4 members (excludes halogenated alkanes) is 3. The summed E-state index contributed by atoms with van der Waals surface area (Å²) < 4.78 is 0. The van der Waals surface area contributed by atoms with Crippen molar-refractivity contribution in [1.82, 2.24) is 0 Å². The van der Waals surface area contributed by atoms with Crippen LogP contribution < -0.4 is 0 Å². The molecule has 0 aliphatic heterocycles. The van der Waals surface area contributed by atoms with Crippen molar-refractivity contribution in [3.8, 4) is 0 Å². The molecule has 0 atom stereocenters. The second-order valence-electron chi connectivity index (χ2n) is 1.86. The fourth-order valence-corrected chi connectivity index (χ4v) is 0.577. The van der Waals surface area contributed by atoms with Gasteiger partial charge >= 0.3 is 29.6 Å². The predicted molar refractivity (Wildman–Crippen MR) is 39.8 cm³/mol. The Balaban J connectivity index is 0. The molecule has 2 N–H and O–H groups in total. The van der Waals surface area contributed by atoms with Crippen LogP contribution in [-0.2, 0) is 0 Å². The van der Waals surface area contributed by atoms with Gasteiger partial charge in [-0.15, -0.1) is 0 Å². The second-order valence-corrected chi connectivity index (χ2v) is 1.86. The van der Waals surface area contributed by atoms with Crippen LogP contribution in [0.4, 0.5) is 0 Å². The first-order valence-corrected chi connectivity index (χ1v) is 3.13. The van der Waals surface area contributed by atoms with Gasteiger partial charge < -0.3 is 10.2 Å². The summed E-state index contributed by atoms with van der Waals surface area (Å²) in [6, 6.07) is 0. The van der Waals surface area contributed by atoms with E-state index in [1.54, 1.807) is 0 Å². The molecule has 0 saturated carbocycles. The van der Waals surface area contributed by atoms with E-state index in [-0.39, 0.29) is 42.8 Å².